The van der Waals surface area contributed by atoms with E-state index in [9.17, 15) is 4.79 Å². The average Bonchev–Trinajstić information content (AvgIpc) is 2.74. The van der Waals surface area contributed by atoms with E-state index in [2.05, 4.69) is 23.5 Å². The van der Waals surface area contributed by atoms with Crippen molar-refractivity contribution in [2.75, 3.05) is 19.6 Å². The van der Waals surface area contributed by atoms with Gasteiger partial charge in [0.1, 0.15) is 0 Å². The van der Waals surface area contributed by atoms with Gasteiger partial charge in [-0.3, -0.25) is 4.79 Å². The van der Waals surface area contributed by atoms with Crippen molar-refractivity contribution in [3.8, 4) is 12.3 Å². The number of hydrogen-bond donors (Lipinski definition) is 2. The standard InChI is InChI=1S/C13H22N2O/c1-3-5-6-9-15-12(16)13(7-4-2)8-10-14-11-13/h1,14H,4-11H2,2H3,(H,15,16). The van der Waals surface area contributed by atoms with Gasteiger partial charge in [0.15, 0.2) is 0 Å². The fraction of sp³-hybridized carbons (Fsp3) is 0.769. The van der Waals surface area contributed by atoms with Gasteiger partial charge in [0, 0.05) is 19.5 Å². The molecule has 1 heterocycles. The maximum absolute atomic E-state index is 12.1. The van der Waals surface area contributed by atoms with E-state index in [-0.39, 0.29) is 11.3 Å². The highest BCUT2D eigenvalue weighted by Crippen LogP contribution is 2.31. The van der Waals surface area contributed by atoms with Gasteiger partial charge in [-0.05, 0) is 25.8 Å². The molecular weight excluding hydrogens is 200 g/mol. The summed E-state index contributed by atoms with van der Waals surface area (Å²) in [5.41, 5.74) is -0.162. The third-order valence-electron chi connectivity index (χ3n) is 3.24. The zero-order valence-electron chi connectivity index (χ0n) is 10.1. The molecule has 3 heteroatoms. The van der Waals surface area contributed by atoms with Crippen LogP contribution in [0.4, 0.5) is 0 Å². The molecule has 1 saturated heterocycles. The molecule has 0 aromatic heterocycles. The fourth-order valence-electron chi connectivity index (χ4n) is 2.32. The van der Waals surface area contributed by atoms with Crippen LogP contribution in [0.3, 0.4) is 0 Å². The van der Waals surface area contributed by atoms with Gasteiger partial charge in [0.25, 0.3) is 0 Å². The molecular formula is C13H22N2O. The highest BCUT2D eigenvalue weighted by atomic mass is 16.2. The molecule has 1 aliphatic heterocycles. The van der Waals surface area contributed by atoms with E-state index in [1.54, 1.807) is 0 Å². The molecule has 1 fully saturated rings. The molecule has 0 saturated carbocycles. The van der Waals surface area contributed by atoms with Crippen molar-refractivity contribution in [2.24, 2.45) is 5.41 Å². The van der Waals surface area contributed by atoms with E-state index >= 15 is 0 Å². The summed E-state index contributed by atoms with van der Waals surface area (Å²) in [4.78, 5) is 12.1. The predicted molar refractivity (Wildman–Crippen MR) is 65.9 cm³/mol. The summed E-state index contributed by atoms with van der Waals surface area (Å²) in [6.45, 7) is 4.61. The van der Waals surface area contributed by atoms with Crippen LogP contribution in [0, 0.1) is 17.8 Å². The maximum atomic E-state index is 12.1. The lowest BCUT2D eigenvalue weighted by molar-refractivity contribution is -0.130. The number of amides is 1. The minimum Gasteiger partial charge on any atom is -0.356 e. The van der Waals surface area contributed by atoms with Crippen molar-refractivity contribution >= 4 is 5.91 Å². The van der Waals surface area contributed by atoms with Gasteiger partial charge in [0.2, 0.25) is 5.91 Å². The first-order chi connectivity index (χ1) is 7.75. The predicted octanol–water partition coefficient (Wildman–Crippen LogP) is 1.30. The number of hydrogen-bond acceptors (Lipinski definition) is 2. The highest BCUT2D eigenvalue weighted by Gasteiger charge is 2.39. The lowest BCUT2D eigenvalue weighted by atomic mass is 9.81. The minimum absolute atomic E-state index is 0.162. The number of terminal acetylenes is 1. The summed E-state index contributed by atoms with van der Waals surface area (Å²) in [5, 5.41) is 6.30. The number of carbonyl (C=O) groups excluding carboxylic acids is 1. The van der Waals surface area contributed by atoms with Gasteiger partial charge in [0.05, 0.1) is 5.41 Å². The third kappa shape index (κ3) is 3.24. The van der Waals surface area contributed by atoms with Gasteiger partial charge in [-0.15, -0.1) is 12.3 Å². The highest BCUT2D eigenvalue weighted by molar-refractivity contribution is 5.83. The molecule has 1 amide bonds. The Morgan fingerprint density at radius 3 is 3.00 bits per heavy atom. The monoisotopic (exact) mass is 222 g/mol. The molecule has 0 aromatic carbocycles. The zero-order valence-corrected chi connectivity index (χ0v) is 10.1. The van der Waals surface area contributed by atoms with Crippen LogP contribution in [0.2, 0.25) is 0 Å². The Balaban J connectivity index is 2.39. The first kappa shape index (κ1) is 13.1. The van der Waals surface area contributed by atoms with Crippen LogP contribution < -0.4 is 10.6 Å². The van der Waals surface area contributed by atoms with Crippen LogP contribution >= 0.6 is 0 Å². The summed E-state index contributed by atoms with van der Waals surface area (Å²) in [6.07, 6.45) is 9.77. The SMILES string of the molecule is C#CCCCNC(=O)C1(CCC)CCNC1. The average molecular weight is 222 g/mol. The lowest BCUT2D eigenvalue weighted by Crippen LogP contribution is -2.42. The summed E-state index contributed by atoms with van der Waals surface area (Å²) in [7, 11) is 0. The van der Waals surface area contributed by atoms with Crippen LogP contribution in [0.15, 0.2) is 0 Å². The molecule has 2 N–H and O–H groups in total. The number of rotatable bonds is 6. The molecule has 0 spiro atoms. The van der Waals surface area contributed by atoms with Crippen molar-refractivity contribution < 1.29 is 4.79 Å². The van der Waals surface area contributed by atoms with Crippen molar-refractivity contribution in [3.05, 3.63) is 0 Å². The summed E-state index contributed by atoms with van der Waals surface area (Å²) in [6, 6.07) is 0. The normalized spacial score (nSPS) is 24.0. The quantitative estimate of drug-likeness (QED) is 0.525. The van der Waals surface area contributed by atoms with Crippen LogP contribution in [0.25, 0.3) is 0 Å². The van der Waals surface area contributed by atoms with Gasteiger partial charge >= 0.3 is 0 Å². The van der Waals surface area contributed by atoms with Crippen LogP contribution in [0.1, 0.15) is 39.0 Å². The summed E-state index contributed by atoms with van der Waals surface area (Å²) < 4.78 is 0. The minimum atomic E-state index is -0.162. The van der Waals surface area contributed by atoms with Crippen LogP contribution in [0.5, 0.6) is 0 Å². The number of unbranched alkanes of at least 4 members (excludes halogenated alkanes) is 1. The molecule has 1 aliphatic rings. The van der Waals surface area contributed by atoms with Gasteiger partial charge in [-0.2, -0.15) is 0 Å². The Kier molecular flexibility index (Phi) is 5.34. The second-order valence-corrected chi connectivity index (χ2v) is 4.52. The van der Waals surface area contributed by atoms with E-state index in [0.29, 0.717) is 6.54 Å². The summed E-state index contributed by atoms with van der Waals surface area (Å²) in [5.74, 6) is 2.79. The Labute approximate surface area is 98.4 Å². The van der Waals surface area contributed by atoms with Crippen molar-refractivity contribution in [1.82, 2.24) is 10.6 Å². The summed E-state index contributed by atoms with van der Waals surface area (Å²) >= 11 is 0. The molecule has 3 nitrogen and oxygen atoms in total. The van der Waals surface area contributed by atoms with E-state index in [1.807, 2.05) is 0 Å². The van der Waals surface area contributed by atoms with E-state index in [0.717, 1.165) is 45.2 Å². The van der Waals surface area contributed by atoms with Crippen molar-refractivity contribution in [2.45, 2.75) is 39.0 Å². The van der Waals surface area contributed by atoms with Gasteiger partial charge in [-0.1, -0.05) is 13.3 Å². The molecule has 0 aliphatic carbocycles. The smallest absolute Gasteiger partial charge is 0.227 e. The molecule has 0 radical (unpaired) electrons. The second-order valence-electron chi connectivity index (χ2n) is 4.52. The van der Waals surface area contributed by atoms with Gasteiger partial charge in [-0.25, -0.2) is 0 Å². The van der Waals surface area contributed by atoms with Crippen molar-refractivity contribution in [3.63, 3.8) is 0 Å². The first-order valence-corrected chi connectivity index (χ1v) is 6.17. The number of carbonyl (C=O) groups is 1. The first-order valence-electron chi connectivity index (χ1n) is 6.17. The lowest BCUT2D eigenvalue weighted by Gasteiger charge is -2.26. The van der Waals surface area contributed by atoms with E-state index < -0.39 is 0 Å². The number of nitrogens with one attached hydrogen (secondary N) is 2. The Bertz CT molecular complexity index is 262. The topological polar surface area (TPSA) is 41.1 Å². The largest absolute Gasteiger partial charge is 0.356 e. The Hall–Kier alpha value is -1.01. The zero-order chi connectivity index (χ0) is 11.9. The van der Waals surface area contributed by atoms with Crippen LogP contribution in [-0.2, 0) is 4.79 Å². The molecule has 1 atom stereocenters. The fourth-order valence-corrected chi connectivity index (χ4v) is 2.32. The molecule has 90 valence electrons. The van der Waals surface area contributed by atoms with E-state index in [4.69, 9.17) is 6.42 Å². The van der Waals surface area contributed by atoms with Crippen molar-refractivity contribution in [1.29, 1.82) is 0 Å². The van der Waals surface area contributed by atoms with Crippen LogP contribution in [-0.4, -0.2) is 25.5 Å². The molecule has 1 unspecified atom stereocenters. The Morgan fingerprint density at radius 1 is 1.62 bits per heavy atom. The van der Waals surface area contributed by atoms with Gasteiger partial charge < -0.3 is 10.6 Å². The molecule has 0 aromatic rings. The third-order valence-corrected chi connectivity index (χ3v) is 3.24. The second kappa shape index (κ2) is 6.55. The molecule has 1 rings (SSSR count). The van der Waals surface area contributed by atoms with E-state index in [1.165, 1.54) is 0 Å². The Morgan fingerprint density at radius 2 is 2.44 bits per heavy atom. The maximum Gasteiger partial charge on any atom is 0.227 e. The molecule has 16 heavy (non-hydrogen) atoms. The molecule has 0 bridgehead atoms.